The molecule has 11 heteroatoms. The average molecular weight is 466 g/mol. The van der Waals surface area contributed by atoms with Crippen LogP contribution in [0.5, 0.6) is 0 Å². The highest BCUT2D eigenvalue weighted by atomic mass is 19.4. The van der Waals surface area contributed by atoms with Gasteiger partial charge in [-0.25, -0.2) is 14.4 Å². The summed E-state index contributed by atoms with van der Waals surface area (Å²) in [6.45, 7) is -0.630. The van der Waals surface area contributed by atoms with Crippen molar-refractivity contribution in [2.75, 3.05) is 13.1 Å². The maximum absolute atomic E-state index is 13.1. The molecular weight excluding hydrogens is 440 g/mol. The van der Waals surface area contributed by atoms with Gasteiger partial charge in [-0.05, 0) is 38.2 Å². The molecule has 3 aromatic heterocycles. The number of carbonyl (C=O) groups is 1. The summed E-state index contributed by atoms with van der Waals surface area (Å²) in [7, 11) is 0. The molecule has 1 amide bonds. The zero-order valence-electron chi connectivity index (χ0n) is 18.0. The Hall–Kier alpha value is -2.69. The molecular formula is C22H26F4N6O. The number of alkyl halides is 4. The van der Waals surface area contributed by atoms with Crippen molar-refractivity contribution in [1.82, 2.24) is 30.2 Å². The van der Waals surface area contributed by atoms with Gasteiger partial charge < -0.3 is 20.2 Å². The van der Waals surface area contributed by atoms with Gasteiger partial charge in [0.15, 0.2) is 0 Å². The molecule has 3 N–H and O–H groups in total. The van der Waals surface area contributed by atoms with Crippen LogP contribution in [0.25, 0.3) is 22.1 Å². The predicted octanol–water partition coefficient (Wildman–Crippen LogP) is 3.56. The van der Waals surface area contributed by atoms with Crippen molar-refractivity contribution in [2.45, 2.75) is 63.0 Å². The Balaban J connectivity index is 1.36. The molecule has 2 aliphatic rings. The Bertz CT molecular complexity index is 1150. The third kappa shape index (κ3) is 4.68. The molecule has 2 fully saturated rings. The van der Waals surface area contributed by atoms with Crippen LogP contribution < -0.4 is 10.6 Å². The number of imidazole rings is 1. The summed E-state index contributed by atoms with van der Waals surface area (Å²) < 4.78 is 53.0. The van der Waals surface area contributed by atoms with E-state index < -0.39 is 24.8 Å². The maximum Gasteiger partial charge on any atom is 0.401 e. The normalized spacial score (nSPS) is 25.6. The minimum absolute atomic E-state index is 0.0868. The van der Waals surface area contributed by atoms with Gasteiger partial charge >= 0.3 is 6.18 Å². The smallest absolute Gasteiger partial charge is 0.355 e. The van der Waals surface area contributed by atoms with Gasteiger partial charge in [0.1, 0.15) is 23.2 Å². The van der Waals surface area contributed by atoms with Crippen LogP contribution >= 0.6 is 0 Å². The molecule has 178 valence electrons. The highest BCUT2D eigenvalue weighted by molar-refractivity contribution is 6.01. The van der Waals surface area contributed by atoms with Crippen molar-refractivity contribution < 1.29 is 22.4 Å². The van der Waals surface area contributed by atoms with Crippen molar-refractivity contribution in [3.8, 4) is 0 Å². The quantitative estimate of drug-likeness (QED) is 0.465. The van der Waals surface area contributed by atoms with Gasteiger partial charge in [-0.2, -0.15) is 13.2 Å². The minimum Gasteiger partial charge on any atom is -0.355 e. The number of aromatic nitrogens is 4. The van der Waals surface area contributed by atoms with Gasteiger partial charge in [0.2, 0.25) is 5.91 Å². The number of carbonyl (C=O) groups excluding carboxylic acids is 1. The number of H-pyrrole nitrogens is 1. The lowest BCUT2D eigenvalue weighted by Gasteiger charge is -2.31. The Morgan fingerprint density at radius 3 is 2.70 bits per heavy atom. The van der Waals surface area contributed by atoms with E-state index in [1.807, 2.05) is 12.3 Å². The molecule has 7 nitrogen and oxygen atoms in total. The first-order valence-corrected chi connectivity index (χ1v) is 11.3. The zero-order chi connectivity index (χ0) is 23.2. The maximum atomic E-state index is 13.1. The minimum atomic E-state index is -4.22. The largest absolute Gasteiger partial charge is 0.401 e. The standard InChI is InChI=1S/C22H26F4N6O/c23-16-9-15(16)21(33)28-8-6-18-31-17-10-29-20-14(5-7-27-20)19(17)32(18)13-3-1-12(2-4-13)30-11-22(24,25)26/h5,7,10,12-13,15-16,30H,1-4,6,8-9,11H2,(H,27,29)(H,28,33). The van der Waals surface area contributed by atoms with Crippen LogP contribution in [0.2, 0.25) is 0 Å². The van der Waals surface area contributed by atoms with E-state index in [-0.39, 0.29) is 24.4 Å². The molecule has 0 spiro atoms. The third-order valence-corrected chi connectivity index (χ3v) is 6.66. The van der Waals surface area contributed by atoms with Crippen LogP contribution in [0.1, 0.15) is 44.0 Å². The van der Waals surface area contributed by atoms with Crippen molar-refractivity contribution >= 4 is 28.0 Å². The number of nitrogens with zero attached hydrogens (tertiary/aromatic N) is 3. The van der Waals surface area contributed by atoms with Crippen LogP contribution in [0.15, 0.2) is 18.5 Å². The van der Waals surface area contributed by atoms with E-state index in [1.54, 1.807) is 6.20 Å². The Morgan fingerprint density at radius 1 is 1.24 bits per heavy atom. The Morgan fingerprint density at radius 2 is 2.00 bits per heavy atom. The number of rotatable bonds is 7. The third-order valence-electron chi connectivity index (χ3n) is 6.66. The van der Waals surface area contributed by atoms with Crippen molar-refractivity contribution in [2.24, 2.45) is 5.92 Å². The van der Waals surface area contributed by atoms with Gasteiger partial charge in [-0.1, -0.05) is 0 Å². The van der Waals surface area contributed by atoms with E-state index >= 15 is 0 Å². The molecule has 0 aromatic carbocycles. The average Bonchev–Trinajstić information content (AvgIpc) is 3.18. The second kappa shape index (κ2) is 8.58. The molecule has 0 bridgehead atoms. The van der Waals surface area contributed by atoms with E-state index in [4.69, 9.17) is 4.98 Å². The van der Waals surface area contributed by atoms with Gasteiger partial charge in [-0.3, -0.25) is 4.79 Å². The van der Waals surface area contributed by atoms with Crippen LogP contribution in [0.3, 0.4) is 0 Å². The zero-order valence-corrected chi connectivity index (χ0v) is 18.0. The first-order chi connectivity index (χ1) is 15.8. The predicted molar refractivity (Wildman–Crippen MR) is 114 cm³/mol. The number of halogens is 4. The van der Waals surface area contributed by atoms with Gasteiger partial charge in [0, 0.05) is 36.6 Å². The highest BCUT2D eigenvalue weighted by Crippen LogP contribution is 2.36. The molecule has 3 heterocycles. The summed E-state index contributed by atoms with van der Waals surface area (Å²) in [4.78, 5) is 24.3. The van der Waals surface area contributed by atoms with Crippen molar-refractivity contribution in [1.29, 1.82) is 0 Å². The summed E-state index contributed by atoms with van der Waals surface area (Å²) in [5.41, 5.74) is 2.43. The lowest BCUT2D eigenvalue weighted by atomic mass is 9.90. The summed E-state index contributed by atoms with van der Waals surface area (Å²) >= 11 is 0. The topological polar surface area (TPSA) is 87.6 Å². The first-order valence-electron chi connectivity index (χ1n) is 11.3. The number of hydrogen-bond acceptors (Lipinski definition) is 4. The summed E-state index contributed by atoms with van der Waals surface area (Å²) in [6.07, 6.45) is 1.75. The number of hydrogen-bond donors (Lipinski definition) is 3. The second-order valence-electron chi connectivity index (χ2n) is 9.03. The monoisotopic (exact) mass is 466 g/mol. The van der Waals surface area contributed by atoms with E-state index in [9.17, 15) is 22.4 Å². The van der Waals surface area contributed by atoms with E-state index in [0.717, 1.165) is 40.7 Å². The molecule has 2 unspecified atom stereocenters. The summed E-state index contributed by atoms with van der Waals surface area (Å²) in [6, 6.07) is 1.87. The van der Waals surface area contributed by atoms with Crippen LogP contribution in [0.4, 0.5) is 17.6 Å². The van der Waals surface area contributed by atoms with Gasteiger partial charge in [0.25, 0.3) is 0 Å². The fourth-order valence-electron chi connectivity index (χ4n) is 4.87. The lowest BCUT2D eigenvalue weighted by Crippen LogP contribution is -2.39. The molecule has 2 saturated carbocycles. The number of aromatic amines is 1. The molecule has 0 saturated heterocycles. The molecule has 3 aromatic rings. The fraction of sp³-hybridized carbons (Fsp3) is 0.591. The Labute approximate surface area is 187 Å². The van der Waals surface area contributed by atoms with E-state index in [0.29, 0.717) is 25.8 Å². The first kappa shape index (κ1) is 22.1. The number of pyridine rings is 1. The van der Waals surface area contributed by atoms with Crippen molar-refractivity contribution in [3.63, 3.8) is 0 Å². The van der Waals surface area contributed by atoms with Crippen LogP contribution in [-0.2, 0) is 11.2 Å². The Kier molecular flexibility index (Phi) is 5.75. The molecule has 0 aliphatic heterocycles. The number of amides is 1. The van der Waals surface area contributed by atoms with E-state index in [2.05, 4.69) is 25.2 Å². The highest BCUT2D eigenvalue weighted by Gasteiger charge is 2.43. The lowest BCUT2D eigenvalue weighted by molar-refractivity contribution is -0.126. The molecule has 0 radical (unpaired) electrons. The molecule has 33 heavy (non-hydrogen) atoms. The SMILES string of the molecule is O=C(NCCc1nc2cnc3[nH]ccc3c2n1C1CCC(NCC(F)(F)F)CC1)C1CC1F. The molecule has 2 atom stereocenters. The summed E-state index contributed by atoms with van der Waals surface area (Å²) in [5.74, 6) is -0.0110. The number of nitrogens with one attached hydrogen (secondary N) is 3. The van der Waals surface area contributed by atoms with Gasteiger partial charge in [-0.15, -0.1) is 0 Å². The van der Waals surface area contributed by atoms with Crippen LogP contribution in [0, 0.1) is 5.92 Å². The fourth-order valence-corrected chi connectivity index (χ4v) is 4.87. The van der Waals surface area contributed by atoms with E-state index in [1.165, 1.54) is 0 Å². The second-order valence-corrected chi connectivity index (χ2v) is 9.03. The number of fused-ring (bicyclic) bond motifs is 3. The molecule has 2 aliphatic carbocycles. The summed E-state index contributed by atoms with van der Waals surface area (Å²) in [5, 5.41) is 6.36. The van der Waals surface area contributed by atoms with Gasteiger partial charge in [0.05, 0.1) is 24.2 Å². The van der Waals surface area contributed by atoms with Crippen molar-refractivity contribution in [3.05, 3.63) is 24.3 Å². The van der Waals surface area contributed by atoms with Crippen LogP contribution in [-0.4, -0.2) is 56.9 Å². The molecule has 5 rings (SSSR count).